The highest BCUT2D eigenvalue weighted by atomic mass is 35.5. The minimum absolute atomic E-state index is 0.763. The lowest BCUT2D eigenvalue weighted by molar-refractivity contribution is 1.14. The summed E-state index contributed by atoms with van der Waals surface area (Å²) >= 11 is 5.83. The normalized spacial score (nSPS) is 9.90. The van der Waals surface area contributed by atoms with Crippen LogP contribution in [0, 0.1) is 6.92 Å². The second-order valence-corrected chi connectivity index (χ2v) is 2.69. The Morgan fingerprint density at radius 1 is 1.50 bits per heavy atom. The van der Waals surface area contributed by atoms with Crippen molar-refractivity contribution in [2.24, 2.45) is 0 Å². The fourth-order valence-corrected chi connectivity index (χ4v) is 1.01. The Morgan fingerprint density at radius 2 is 2.20 bits per heavy atom. The topological polar surface area (TPSA) is 0 Å². The third-order valence-corrected chi connectivity index (χ3v) is 1.88. The van der Waals surface area contributed by atoms with E-state index in [1.807, 2.05) is 18.2 Å². The van der Waals surface area contributed by atoms with Crippen molar-refractivity contribution in [2.45, 2.75) is 13.3 Å². The van der Waals surface area contributed by atoms with Crippen molar-refractivity contribution in [3.63, 3.8) is 0 Å². The molecule has 10 heavy (non-hydrogen) atoms. The molecule has 0 heterocycles. The minimum atomic E-state index is 0.763. The van der Waals surface area contributed by atoms with Crippen molar-refractivity contribution in [3.05, 3.63) is 41.3 Å². The molecule has 1 aromatic rings. The monoisotopic (exact) mass is 153 g/mol. The van der Waals surface area contributed by atoms with Crippen LogP contribution in [-0.4, -0.2) is 0 Å². The maximum atomic E-state index is 5.83. The van der Waals surface area contributed by atoms with E-state index < -0.39 is 0 Å². The minimum Gasteiger partial charge on any atom is -0.0840 e. The zero-order valence-electron chi connectivity index (χ0n) is 6.02. The molecule has 0 unspecified atom stereocenters. The summed E-state index contributed by atoms with van der Waals surface area (Å²) in [5.74, 6) is 0. The summed E-state index contributed by atoms with van der Waals surface area (Å²) in [4.78, 5) is 0. The molecule has 0 bridgehead atoms. The maximum Gasteiger partial charge on any atom is 0.0440 e. The average Bonchev–Trinajstić information content (AvgIpc) is 1.95. The van der Waals surface area contributed by atoms with Crippen molar-refractivity contribution < 1.29 is 0 Å². The summed E-state index contributed by atoms with van der Waals surface area (Å²) in [7, 11) is 0. The van der Waals surface area contributed by atoms with Gasteiger partial charge >= 0.3 is 0 Å². The third-order valence-electron chi connectivity index (χ3n) is 1.53. The van der Waals surface area contributed by atoms with E-state index in [4.69, 9.17) is 11.6 Å². The van der Waals surface area contributed by atoms with Gasteiger partial charge in [-0.1, -0.05) is 30.7 Å². The van der Waals surface area contributed by atoms with Gasteiger partial charge in [0.25, 0.3) is 0 Å². The van der Waals surface area contributed by atoms with Crippen LogP contribution in [0.2, 0.25) is 5.02 Å². The van der Waals surface area contributed by atoms with Crippen LogP contribution >= 0.6 is 11.6 Å². The van der Waals surface area contributed by atoms with Crippen LogP contribution < -0.4 is 0 Å². The van der Waals surface area contributed by atoms with Crippen LogP contribution in [0.1, 0.15) is 18.1 Å². The average molecular weight is 154 g/mol. The second kappa shape index (κ2) is 3.07. The van der Waals surface area contributed by atoms with Crippen molar-refractivity contribution >= 4 is 11.6 Å². The molecule has 1 radical (unpaired) electrons. The van der Waals surface area contributed by atoms with Crippen LogP contribution in [-0.2, 0) is 6.42 Å². The maximum absolute atomic E-state index is 5.83. The van der Waals surface area contributed by atoms with Gasteiger partial charge in [-0.05, 0) is 30.5 Å². The van der Waals surface area contributed by atoms with E-state index in [-0.39, 0.29) is 0 Å². The molecule has 0 fully saturated rings. The number of aryl methyl sites for hydroxylation is 1. The van der Waals surface area contributed by atoms with Crippen molar-refractivity contribution in [1.29, 1.82) is 0 Å². The Bertz CT molecular complexity index is 228. The van der Waals surface area contributed by atoms with Crippen molar-refractivity contribution in [1.82, 2.24) is 0 Å². The van der Waals surface area contributed by atoms with E-state index in [1.54, 1.807) is 0 Å². The van der Waals surface area contributed by atoms with Crippen molar-refractivity contribution in [2.75, 3.05) is 0 Å². The van der Waals surface area contributed by atoms with Crippen molar-refractivity contribution in [3.8, 4) is 0 Å². The molecule has 0 saturated carbocycles. The van der Waals surface area contributed by atoms with Crippen LogP contribution in [0.15, 0.2) is 18.2 Å². The molecule has 0 atom stereocenters. The van der Waals surface area contributed by atoms with Gasteiger partial charge in [0.2, 0.25) is 0 Å². The van der Waals surface area contributed by atoms with E-state index in [0.717, 1.165) is 17.0 Å². The molecule has 0 aliphatic heterocycles. The Hall–Kier alpha value is -0.490. The third kappa shape index (κ3) is 1.51. The number of rotatable bonds is 1. The second-order valence-electron chi connectivity index (χ2n) is 2.28. The lowest BCUT2D eigenvalue weighted by Gasteiger charge is -1.99. The molecule has 53 valence electrons. The van der Waals surface area contributed by atoms with Crippen LogP contribution in [0.25, 0.3) is 0 Å². The van der Waals surface area contributed by atoms with Crippen LogP contribution in [0.5, 0.6) is 0 Å². The lowest BCUT2D eigenvalue weighted by atomic mass is 10.1. The Kier molecular flexibility index (Phi) is 2.34. The highest BCUT2D eigenvalue weighted by molar-refractivity contribution is 6.31. The Labute approximate surface area is 66.8 Å². The number of halogens is 1. The van der Waals surface area contributed by atoms with E-state index >= 15 is 0 Å². The summed E-state index contributed by atoms with van der Waals surface area (Å²) < 4.78 is 0. The van der Waals surface area contributed by atoms with Crippen LogP contribution in [0.3, 0.4) is 0 Å². The van der Waals surface area contributed by atoms with Gasteiger partial charge in [0.05, 0.1) is 0 Å². The molecule has 1 heteroatoms. The molecule has 0 N–H and O–H groups in total. The first kappa shape index (κ1) is 7.62. The number of hydrogen-bond donors (Lipinski definition) is 0. The van der Waals surface area contributed by atoms with Gasteiger partial charge in [0, 0.05) is 5.02 Å². The largest absolute Gasteiger partial charge is 0.0840 e. The summed E-state index contributed by atoms with van der Waals surface area (Å²) in [6, 6.07) is 5.96. The van der Waals surface area contributed by atoms with E-state index in [0.29, 0.717) is 0 Å². The quantitative estimate of drug-likeness (QED) is 0.582. The van der Waals surface area contributed by atoms with E-state index in [2.05, 4.69) is 13.8 Å². The number of benzene rings is 1. The van der Waals surface area contributed by atoms with E-state index in [1.165, 1.54) is 5.56 Å². The first-order valence-corrected chi connectivity index (χ1v) is 3.72. The first-order chi connectivity index (χ1) is 4.74. The zero-order chi connectivity index (χ0) is 7.56. The Balaban J connectivity index is 3.04. The van der Waals surface area contributed by atoms with Gasteiger partial charge in [-0.2, -0.15) is 0 Å². The van der Waals surface area contributed by atoms with Gasteiger partial charge in [0.15, 0.2) is 0 Å². The smallest absolute Gasteiger partial charge is 0.0440 e. The fourth-order valence-electron chi connectivity index (χ4n) is 0.811. The summed E-state index contributed by atoms with van der Waals surface area (Å²) in [5.41, 5.74) is 2.16. The Morgan fingerprint density at radius 3 is 2.70 bits per heavy atom. The SMILES string of the molecule is [CH2]c1ccc(CC)cc1Cl. The molecule has 0 aliphatic carbocycles. The molecule has 0 spiro atoms. The first-order valence-electron chi connectivity index (χ1n) is 3.34. The van der Waals surface area contributed by atoms with Gasteiger partial charge in [-0.25, -0.2) is 0 Å². The van der Waals surface area contributed by atoms with Gasteiger partial charge in [0.1, 0.15) is 0 Å². The molecular weight excluding hydrogens is 144 g/mol. The molecular formula is C9H10Cl. The molecule has 0 aliphatic rings. The van der Waals surface area contributed by atoms with Gasteiger partial charge in [-0.15, -0.1) is 0 Å². The van der Waals surface area contributed by atoms with Crippen LogP contribution in [0.4, 0.5) is 0 Å². The predicted octanol–water partition coefficient (Wildman–Crippen LogP) is 3.08. The summed E-state index contributed by atoms with van der Waals surface area (Å²) in [5, 5.41) is 0.763. The molecule has 0 saturated heterocycles. The highest BCUT2D eigenvalue weighted by Gasteiger charge is 1.94. The van der Waals surface area contributed by atoms with Gasteiger partial charge in [-0.3, -0.25) is 0 Å². The van der Waals surface area contributed by atoms with E-state index in [9.17, 15) is 0 Å². The summed E-state index contributed by atoms with van der Waals surface area (Å²) in [6.07, 6.45) is 1.03. The molecule has 0 aromatic heterocycles. The number of hydrogen-bond acceptors (Lipinski definition) is 0. The molecule has 0 amide bonds. The standard InChI is InChI=1S/C9H10Cl/c1-3-8-5-4-7(2)9(10)6-8/h4-6H,2-3H2,1H3. The zero-order valence-corrected chi connectivity index (χ0v) is 6.78. The predicted molar refractivity (Wildman–Crippen MR) is 45.3 cm³/mol. The van der Waals surface area contributed by atoms with Gasteiger partial charge < -0.3 is 0 Å². The molecule has 1 aromatic carbocycles. The molecule has 0 nitrogen and oxygen atoms in total. The lowest BCUT2D eigenvalue weighted by Crippen LogP contribution is -1.80. The summed E-state index contributed by atoms with van der Waals surface area (Å²) in [6.45, 7) is 5.87. The fraction of sp³-hybridized carbons (Fsp3) is 0.222. The molecule has 1 rings (SSSR count). The highest BCUT2D eigenvalue weighted by Crippen LogP contribution is 2.16.